The van der Waals surface area contributed by atoms with Crippen molar-refractivity contribution in [1.29, 1.82) is 0 Å². The van der Waals surface area contributed by atoms with Crippen molar-refractivity contribution in [2.75, 3.05) is 14.2 Å². The van der Waals surface area contributed by atoms with E-state index in [-0.39, 0.29) is 0 Å². The van der Waals surface area contributed by atoms with E-state index in [1.165, 1.54) is 0 Å². The minimum atomic E-state index is 0.391. The first kappa shape index (κ1) is 12.4. The Labute approximate surface area is 106 Å². The van der Waals surface area contributed by atoms with Gasteiger partial charge in [0.2, 0.25) is 0 Å². The van der Waals surface area contributed by atoms with Gasteiger partial charge in [-0.25, -0.2) is 4.98 Å². The fourth-order valence-electron chi connectivity index (χ4n) is 1.84. The SMILES string of the molecule is COc1cc(OC)cc(-c2nc(CN)[nH]c2C)c1. The van der Waals surface area contributed by atoms with E-state index < -0.39 is 0 Å². The predicted octanol–water partition coefficient (Wildman–Crippen LogP) is 1.86. The molecular weight excluding hydrogens is 230 g/mol. The number of H-pyrrole nitrogens is 1. The number of hydrogen-bond acceptors (Lipinski definition) is 4. The number of nitrogens with two attached hydrogens (primary N) is 1. The number of methoxy groups -OCH3 is 2. The van der Waals surface area contributed by atoms with E-state index in [1.54, 1.807) is 14.2 Å². The van der Waals surface area contributed by atoms with Gasteiger partial charge >= 0.3 is 0 Å². The summed E-state index contributed by atoms with van der Waals surface area (Å²) in [7, 11) is 3.25. The molecule has 1 aromatic carbocycles. The molecule has 0 unspecified atom stereocenters. The molecule has 0 aliphatic heterocycles. The maximum atomic E-state index is 5.58. The van der Waals surface area contributed by atoms with Crippen LogP contribution in [0.25, 0.3) is 11.3 Å². The average Bonchev–Trinajstić information content (AvgIpc) is 2.79. The second-order valence-electron chi connectivity index (χ2n) is 3.96. The van der Waals surface area contributed by atoms with Gasteiger partial charge in [0.15, 0.2) is 0 Å². The molecule has 2 aromatic rings. The average molecular weight is 247 g/mol. The summed E-state index contributed by atoms with van der Waals surface area (Å²) >= 11 is 0. The fraction of sp³-hybridized carbons (Fsp3) is 0.308. The van der Waals surface area contributed by atoms with Gasteiger partial charge in [-0.15, -0.1) is 0 Å². The molecule has 18 heavy (non-hydrogen) atoms. The van der Waals surface area contributed by atoms with Crippen molar-refractivity contribution in [2.24, 2.45) is 5.73 Å². The van der Waals surface area contributed by atoms with Crippen molar-refractivity contribution in [3.05, 3.63) is 29.7 Å². The molecule has 5 nitrogen and oxygen atoms in total. The van der Waals surface area contributed by atoms with Gasteiger partial charge in [0.1, 0.15) is 17.3 Å². The maximum Gasteiger partial charge on any atom is 0.123 e. The summed E-state index contributed by atoms with van der Waals surface area (Å²) in [6.45, 7) is 2.36. The number of ether oxygens (including phenoxy) is 2. The number of hydrogen-bond donors (Lipinski definition) is 2. The topological polar surface area (TPSA) is 73.2 Å². The van der Waals surface area contributed by atoms with Crippen LogP contribution in [0.2, 0.25) is 0 Å². The molecule has 2 rings (SSSR count). The molecule has 0 bridgehead atoms. The van der Waals surface area contributed by atoms with Gasteiger partial charge in [-0.05, 0) is 19.1 Å². The van der Waals surface area contributed by atoms with Crippen LogP contribution in [0.5, 0.6) is 11.5 Å². The molecule has 0 radical (unpaired) electrons. The number of aromatic amines is 1. The summed E-state index contributed by atoms with van der Waals surface area (Å²) in [6, 6.07) is 5.67. The molecular formula is C13H17N3O2. The predicted molar refractivity (Wildman–Crippen MR) is 69.8 cm³/mol. The zero-order valence-corrected chi connectivity index (χ0v) is 10.8. The Balaban J connectivity index is 2.51. The van der Waals surface area contributed by atoms with Crippen molar-refractivity contribution in [1.82, 2.24) is 9.97 Å². The lowest BCUT2D eigenvalue weighted by Gasteiger charge is -2.07. The minimum absolute atomic E-state index is 0.391. The lowest BCUT2D eigenvalue weighted by molar-refractivity contribution is 0.394. The highest BCUT2D eigenvalue weighted by Crippen LogP contribution is 2.30. The smallest absolute Gasteiger partial charge is 0.123 e. The van der Waals surface area contributed by atoms with Crippen LogP contribution in [0, 0.1) is 6.92 Å². The molecule has 0 fully saturated rings. The van der Waals surface area contributed by atoms with Crippen molar-refractivity contribution >= 4 is 0 Å². The van der Waals surface area contributed by atoms with Crippen molar-refractivity contribution < 1.29 is 9.47 Å². The minimum Gasteiger partial charge on any atom is -0.497 e. The Hall–Kier alpha value is -2.01. The molecule has 0 amide bonds. The van der Waals surface area contributed by atoms with Gasteiger partial charge in [0.25, 0.3) is 0 Å². The zero-order chi connectivity index (χ0) is 13.1. The van der Waals surface area contributed by atoms with Crippen LogP contribution in [0.3, 0.4) is 0 Å². The third-order valence-electron chi connectivity index (χ3n) is 2.75. The van der Waals surface area contributed by atoms with Crippen molar-refractivity contribution in [3.8, 4) is 22.8 Å². The molecule has 5 heteroatoms. The van der Waals surface area contributed by atoms with E-state index in [9.17, 15) is 0 Å². The quantitative estimate of drug-likeness (QED) is 0.865. The van der Waals surface area contributed by atoms with Gasteiger partial charge < -0.3 is 20.2 Å². The first-order chi connectivity index (χ1) is 8.67. The maximum absolute atomic E-state index is 5.58. The van der Waals surface area contributed by atoms with E-state index in [2.05, 4.69) is 9.97 Å². The largest absolute Gasteiger partial charge is 0.497 e. The number of nitrogens with zero attached hydrogens (tertiary/aromatic N) is 1. The fourth-order valence-corrected chi connectivity index (χ4v) is 1.84. The number of aromatic nitrogens is 2. The summed E-state index contributed by atoms with van der Waals surface area (Å²) in [4.78, 5) is 7.61. The van der Waals surface area contributed by atoms with E-state index >= 15 is 0 Å². The first-order valence-electron chi connectivity index (χ1n) is 5.67. The van der Waals surface area contributed by atoms with Gasteiger partial charge in [0, 0.05) is 17.3 Å². The lowest BCUT2D eigenvalue weighted by atomic mass is 10.1. The summed E-state index contributed by atoms with van der Waals surface area (Å²) in [5, 5.41) is 0. The molecule has 3 N–H and O–H groups in total. The van der Waals surface area contributed by atoms with Crippen LogP contribution in [-0.2, 0) is 6.54 Å². The highest BCUT2D eigenvalue weighted by Gasteiger charge is 2.11. The molecule has 0 atom stereocenters. The number of rotatable bonds is 4. The van der Waals surface area contributed by atoms with Gasteiger partial charge in [0.05, 0.1) is 26.5 Å². The van der Waals surface area contributed by atoms with Crippen molar-refractivity contribution in [2.45, 2.75) is 13.5 Å². The third-order valence-corrected chi connectivity index (χ3v) is 2.75. The molecule has 1 heterocycles. The van der Waals surface area contributed by atoms with Crippen molar-refractivity contribution in [3.63, 3.8) is 0 Å². The third kappa shape index (κ3) is 2.31. The zero-order valence-electron chi connectivity index (χ0n) is 10.8. The van der Waals surface area contributed by atoms with Gasteiger partial charge in [-0.1, -0.05) is 0 Å². The second kappa shape index (κ2) is 5.10. The van der Waals surface area contributed by atoms with Crippen LogP contribution >= 0.6 is 0 Å². The number of imidazole rings is 1. The van der Waals surface area contributed by atoms with E-state index in [4.69, 9.17) is 15.2 Å². The highest BCUT2D eigenvalue weighted by molar-refractivity contribution is 5.66. The lowest BCUT2D eigenvalue weighted by Crippen LogP contribution is -1.98. The normalized spacial score (nSPS) is 10.4. The summed E-state index contributed by atoms with van der Waals surface area (Å²) < 4.78 is 10.5. The molecule has 0 spiro atoms. The monoisotopic (exact) mass is 247 g/mol. The van der Waals surface area contributed by atoms with Crippen LogP contribution in [0.15, 0.2) is 18.2 Å². The molecule has 0 saturated carbocycles. The highest BCUT2D eigenvalue weighted by atomic mass is 16.5. The van der Waals surface area contributed by atoms with E-state index in [1.807, 2.05) is 25.1 Å². The Morgan fingerprint density at radius 2 is 1.78 bits per heavy atom. The number of benzene rings is 1. The van der Waals surface area contributed by atoms with E-state index in [0.29, 0.717) is 6.54 Å². The Morgan fingerprint density at radius 3 is 2.22 bits per heavy atom. The number of nitrogens with one attached hydrogen (secondary N) is 1. The number of aryl methyl sites for hydroxylation is 1. The first-order valence-corrected chi connectivity index (χ1v) is 5.67. The summed E-state index contributed by atoms with van der Waals surface area (Å²) in [6.07, 6.45) is 0. The van der Waals surface area contributed by atoms with Crippen LogP contribution in [0.1, 0.15) is 11.5 Å². The molecule has 96 valence electrons. The molecule has 0 saturated heterocycles. The van der Waals surface area contributed by atoms with E-state index in [0.717, 1.165) is 34.3 Å². The second-order valence-corrected chi connectivity index (χ2v) is 3.96. The molecule has 0 aliphatic carbocycles. The van der Waals surface area contributed by atoms with Crippen LogP contribution in [-0.4, -0.2) is 24.2 Å². The summed E-state index contributed by atoms with van der Waals surface area (Å²) in [5.41, 5.74) is 8.37. The Bertz CT molecular complexity index is 527. The molecule has 1 aromatic heterocycles. The Morgan fingerprint density at radius 1 is 1.17 bits per heavy atom. The van der Waals surface area contributed by atoms with Crippen LogP contribution in [0.4, 0.5) is 0 Å². The Kier molecular flexibility index (Phi) is 3.53. The summed E-state index contributed by atoms with van der Waals surface area (Å²) in [5.74, 6) is 2.24. The standard InChI is InChI=1S/C13H17N3O2/c1-8-13(16-12(7-14)15-8)9-4-10(17-2)6-11(5-9)18-3/h4-6H,7,14H2,1-3H3,(H,15,16). The molecule has 0 aliphatic rings. The van der Waals surface area contributed by atoms with Crippen LogP contribution < -0.4 is 15.2 Å². The van der Waals surface area contributed by atoms with Gasteiger partial charge in [-0.2, -0.15) is 0 Å². The van der Waals surface area contributed by atoms with Gasteiger partial charge in [-0.3, -0.25) is 0 Å².